The molecule has 2 aliphatic carbocycles. The van der Waals surface area contributed by atoms with Crippen molar-refractivity contribution in [3.05, 3.63) is 82.9 Å². The van der Waals surface area contributed by atoms with Crippen molar-refractivity contribution in [2.75, 3.05) is 0 Å². The Labute approximate surface area is 237 Å². The van der Waals surface area contributed by atoms with Gasteiger partial charge in [0.05, 0.1) is 0 Å². The molecular weight excluding hydrogens is 508 g/mol. The number of benzene rings is 3. The Bertz CT molecular complexity index is 1280. The van der Waals surface area contributed by atoms with Crippen LogP contribution < -0.4 is 0 Å². The Morgan fingerprint density at radius 1 is 0.575 bits per heavy atom. The maximum atomic E-state index is 15.4. The van der Waals surface area contributed by atoms with E-state index in [-0.39, 0.29) is 22.6 Å². The number of unbranched alkanes of at least 4 members (excludes halogenated alkanes) is 2. The van der Waals surface area contributed by atoms with E-state index in [2.05, 4.69) is 6.92 Å². The van der Waals surface area contributed by atoms with Gasteiger partial charge in [-0.2, -0.15) is 0 Å². The molecule has 214 valence electrons. The van der Waals surface area contributed by atoms with E-state index in [9.17, 15) is 8.78 Å². The molecule has 2 fully saturated rings. The lowest BCUT2D eigenvalue weighted by Gasteiger charge is -2.38. The molecule has 4 heteroatoms. The minimum Gasteiger partial charge on any atom is -0.203 e. The largest absolute Gasteiger partial charge is 0.203 e. The van der Waals surface area contributed by atoms with Gasteiger partial charge >= 0.3 is 0 Å². The summed E-state index contributed by atoms with van der Waals surface area (Å²) in [6.45, 7) is 3.78. The Kier molecular flexibility index (Phi) is 9.33. The molecule has 0 amide bonds. The average Bonchev–Trinajstić information content (AvgIpc) is 2.98. The van der Waals surface area contributed by atoms with E-state index in [1.807, 2.05) is 0 Å². The normalized spacial score (nSPS) is 23.4. The number of rotatable bonds is 8. The highest BCUT2D eigenvalue weighted by Crippen LogP contribution is 2.45. The summed E-state index contributed by atoms with van der Waals surface area (Å²) in [6, 6.07) is 13.0. The van der Waals surface area contributed by atoms with Crippen LogP contribution in [0.2, 0.25) is 0 Å². The highest BCUT2D eigenvalue weighted by Gasteiger charge is 2.32. The molecule has 0 radical (unpaired) electrons. The van der Waals surface area contributed by atoms with E-state index in [1.165, 1.54) is 70.4 Å². The fraction of sp³-hybridized carbons (Fsp3) is 0.500. The molecule has 2 saturated carbocycles. The van der Waals surface area contributed by atoms with Crippen LogP contribution in [0.15, 0.2) is 48.5 Å². The van der Waals surface area contributed by atoms with Gasteiger partial charge in [0.2, 0.25) is 0 Å². The van der Waals surface area contributed by atoms with Crippen LogP contribution in [0.3, 0.4) is 0 Å². The smallest absolute Gasteiger partial charge is 0.166 e. The van der Waals surface area contributed by atoms with Crippen LogP contribution in [0.25, 0.3) is 22.3 Å². The Hall–Kier alpha value is -2.62. The minimum absolute atomic E-state index is 0.0620. The van der Waals surface area contributed by atoms with E-state index in [0.29, 0.717) is 16.7 Å². The van der Waals surface area contributed by atoms with Gasteiger partial charge in [0, 0.05) is 11.1 Å². The van der Waals surface area contributed by atoms with Crippen molar-refractivity contribution in [3.63, 3.8) is 0 Å². The van der Waals surface area contributed by atoms with Crippen LogP contribution in [0.1, 0.15) is 101 Å². The second-order valence-corrected chi connectivity index (χ2v) is 12.4. The van der Waals surface area contributed by atoms with Crippen molar-refractivity contribution < 1.29 is 17.6 Å². The molecule has 0 heterocycles. The predicted octanol–water partition coefficient (Wildman–Crippen LogP) is 11.5. The van der Waals surface area contributed by atoms with Crippen molar-refractivity contribution >= 4 is 0 Å². The van der Waals surface area contributed by atoms with Gasteiger partial charge in [-0.3, -0.25) is 0 Å². The third kappa shape index (κ3) is 6.16. The monoisotopic (exact) mass is 550 g/mol. The maximum absolute atomic E-state index is 15.4. The van der Waals surface area contributed by atoms with E-state index >= 15 is 8.78 Å². The van der Waals surface area contributed by atoms with Gasteiger partial charge in [-0.1, -0.05) is 94.0 Å². The number of hydrogen-bond donors (Lipinski definition) is 0. The first kappa shape index (κ1) is 28.9. The summed E-state index contributed by atoms with van der Waals surface area (Å²) in [4.78, 5) is 0. The molecule has 3 aromatic carbocycles. The van der Waals surface area contributed by atoms with Gasteiger partial charge in [0.1, 0.15) is 0 Å². The summed E-state index contributed by atoms with van der Waals surface area (Å²) in [7, 11) is 0. The molecule has 0 saturated heterocycles. The second kappa shape index (κ2) is 12.9. The number of hydrogen-bond acceptors (Lipinski definition) is 0. The van der Waals surface area contributed by atoms with Crippen molar-refractivity contribution in [3.8, 4) is 22.3 Å². The molecule has 5 rings (SSSR count). The van der Waals surface area contributed by atoms with E-state index in [0.717, 1.165) is 43.4 Å². The lowest BCUT2D eigenvalue weighted by molar-refractivity contribution is 0.155. The van der Waals surface area contributed by atoms with Crippen LogP contribution in [-0.4, -0.2) is 0 Å². The lowest BCUT2D eigenvalue weighted by Crippen LogP contribution is -2.25. The summed E-state index contributed by atoms with van der Waals surface area (Å²) in [6.07, 6.45) is 14.9. The lowest BCUT2D eigenvalue weighted by atomic mass is 9.68. The molecule has 2 aliphatic rings. The molecule has 0 nitrogen and oxygen atoms in total. The summed E-state index contributed by atoms with van der Waals surface area (Å²) in [5, 5.41) is 0. The van der Waals surface area contributed by atoms with Crippen LogP contribution in [0.4, 0.5) is 17.6 Å². The van der Waals surface area contributed by atoms with Crippen LogP contribution in [-0.2, 0) is 0 Å². The molecule has 0 atom stereocenters. The number of aryl methyl sites for hydroxylation is 1. The Balaban J connectivity index is 1.21. The first-order chi connectivity index (χ1) is 19.4. The Morgan fingerprint density at radius 3 is 1.68 bits per heavy atom. The first-order valence-electron chi connectivity index (χ1n) is 15.4. The Morgan fingerprint density at radius 2 is 1.10 bits per heavy atom. The molecule has 3 aromatic rings. The van der Waals surface area contributed by atoms with Gasteiger partial charge < -0.3 is 0 Å². The zero-order valence-electron chi connectivity index (χ0n) is 23.9. The van der Waals surface area contributed by atoms with E-state index in [4.69, 9.17) is 0 Å². The topological polar surface area (TPSA) is 0 Å². The summed E-state index contributed by atoms with van der Waals surface area (Å²) < 4.78 is 59.1. The minimum atomic E-state index is -0.904. The molecule has 0 bridgehead atoms. The summed E-state index contributed by atoms with van der Waals surface area (Å²) >= 11 is 0. The zero-order chi connectivity index (χ0) is 28.2. The fourth-order valence-corrected chi connectivity index (χ4v) is 7.33. The van der Waals surface area contributed by atoms with Crippen LogP contribution in [0, 0.1) is 47.9 Å². The van der Waals surface area contributed by atoms with Gasteiger partial charge in [0.15, 0.2) is 23.3 Å². The van der Waals surface area contributed by atoms with Crippen molar-refractivity contribution in [1.29, 1.82) is 0 Å². The fourth-order valence-electron chi connectivity index (χ4n) is 7.33. The standard InChI is InChI=1S/C36H42F4/c1-3-4-5-6-24-8-10-25(11-9-24)26-12-14-27(15-13-26)31-21-22-32(36(40)35(31)39)29-18-16-28(17-19-29)30-20-7-23(2)33(37)34(30)38/h7,16-22,24-27H,3-6,8-15H2,1-2H3. The van der Waals surface area contributed by atoms with Gasteiger partial charge in [-0.05, 0) is 91.4 Å². The molecule has 0 spiro atoms. The van der Waals surface area contributed by atoms with Gasteiger partial charge in [-0.15, -0.1) is 0 Å². The van der Waals surface area contributed by atoms with E-state index < -0.39 is 23.3 Å². The third-order valence-electron chi connectivity index (χ3n) is 9.88. The van der Waals surface area contributed by atoms with Crippen molar-refractivity contribution in [2.24, 2.45) is 17.8 Å². The van der Waals surface area contributed by atoms with Crippen LogP contribution >= 0.6 is 0 Å². The predicted molar refractivity (Wildman–Crippen MR) is 156 cm³/mol. The molecule has 0 aromatic heterocycles. The zero-order valence-corrected chi connectivity index (χ0v) is 23.9. The molecule has 0 aliphatic heterocycles. The SMILES string of the molecule is CCCCCC1CCC(C2CCC(c3ccc(-c4ccc(-c5ccc(C)c(F)c5F)cc4)c(F)c3F)CC2)CC1. The quantitative estimate of drug-likeness (QED) is 0.193. The van der Waals surface area contributed by atoms with Crippen molar-refractivity contribution in [2.45, 2.75) is 96.8 Å². The van der Waals surface area contributed by atoms with Gasteiger partial charge in [0.25, 0.3) is 0 Å². The third-order valence-corrected chi connectivity index (χ3v) is 9.88. The highest BCUT2D eigenvalue weighted by atomic mass is 19.2. The van der Waals surface area contributed by atoms with Crippen molar-refractivity contribution in [1.82, 2.24) is 0 Å². The molecule has 0 unspecified atom stereocenters. The number of halogens is 4. The summed E-state index contributed by atoms with van der Waals surface area (Å²) in [5.74, 6) is -0.843. The molecule has 0 N–H and O–H groups in total. The maximum Gasteiger partial charge on any atom is 0.166 e. The second-order valence-electron chi connectivity index (χ2n) is 12.4. The summed E-state index contributed by atoms with van der Waals surface area (Å²) in [5.41, 5.74) is 2.06. The molecule has 40 heavy (non-hydrogen) atoms. The van der Waals surface area contributed by atoms with E-state index in [1.54, 1.807) is 36.4 Å². The molecular formula is C36H42F4. The first-order valence-corrected chi connectivity index (χ1v) is 15.4. The average molecular weight is 551 g/mol. The van der Waals surface area contributed by atoms with Crippen LogP contribution in [0.5, 0.6) is 0 Å². The van der Waals surface area contributed by atoms with Gasteiger partial charge in [-0.25, -0.2) is 17.6 Å². The highest BCUT2D eigenvalue weighted by molar-refractivity contribution is 5.71.